The van der Waals surface area contributed by atoms with E-state index in [1.165, 1.54) is 12.7 Å². The van der Waals surface area contributed by atoms with Crippen molar-refractivity contribution in [3.63, 3.8) is 0 Å². The number of hydrogen-bond acceptors (Lipinski definition) is 6. The van der Waals surface area contributed by atoms with Gasteiger partial charge in [-0.25, -0.2) is 0 Å². The van der Waals surface area contributed by atoms with Crippen LogP contribution in [0.4, 0.5) is 5.69 Å². The third-order valence-electron chi connectivity index (χ3n) is 6.56. The number of benzene rings is 2. The molecule has 1 aliphatic rings. The van der Waals surface area contributed by atoms with E-state index < -0.39 is 5.91 Å². The second-order valence-corrected chi connectivity index (χ2v) is 9.63. The molecule has 1 aliphatic heterocycles. The molecule has 0 spiro atoms. The number of aromatic nitrogens is 2. The molecule has 2 aromatic carbocycles. The Morgan fingerprint density at radius 1 is 1.19 bits per heavy atom. The third-order valence-corrected chi connectivity index (χ3v) is 7.05. The summed E-state index contributed by atoms with van der Waals surface area (Å²) in [4.78, 5) is 19.4. The van der Waals surface area contributed by atoms with Crippen LogP contribution >= 0.6 is 15.9 Å². The Balaban J connectivity index is 1.51. The van der Waals surface area contributed by atoms with Gasteiger partial charge in [0.15, 0.2) is 5.69 Å². The molecule has 8 nitrogen and oxygen atoms in total. The number of carbonyl (C=O) groups excluding carboxylic acids is 1. The normalized spacial score (nSPS) is 16.6. The zero-order chi connectivity index (χ0) is 25.1. The molecule has 1 atom stereocenters. The third kappa shape index (κ3) is 4.76. The predicted molar refractivity (Wildman–Crippen MR) is 141 cm³/mol. The Hall–Kier alpha value is -3.56. The van der Waals surface area contributed by atoms with Crippen molar-refractivity contribution in [2.45, 2.75) is 32.0 Å². The van der Waals surface area contributed by atoms with Gasteiger partial charge in [0.1, 0.15) is 5.75 Å². The van der Waals surface area contributed by atoms with Crippen LogP contribution in [-0.4, -0.2) is 39.1 Å². The molecule has 1 fully saturated rings. The van der Waals surface area contributed by atoms with Gasteiger partial charge >= 0.3 is 0 Å². The number of carbonyl (C=O) groups is 1. The molecular weight excluding hydrogens is 522 g/mol. The van der Waals surface area contributed by atoms with Crippen molar-refractivity contribution in [3.8, 4) is 11.6 Å². The molecule has 1 unspecified atom stereocenters. The van der Waals surface area contributed by atoms with Crippen LogP contribution in [0.15, 0.2) is 81.7 Å². The maximum atomic E-state index is 12.8. The number of aromatic hydroxyl groups is 1. The highest BCUT2D eigenvalue weighted by Crippen LogP contribution is 2.41. The van der Waals surface area contributed by atoms with Crippen molar-refractivity contribution in [3.05, 3.63) is 82.6 Å². The summed E-state index contributed by atoms with van der Waals surface area (Å²) in [5.74, 6) is -0.159. The van der Waals surface area contributed by atoms with Crippen LogP contribution in [0.3, 0.4) is 0 Å². The number of likely N-dealkylation sites (tertiary alicyclic amines) is 1. The molecule has 0 saturated carbocycles. The maximum Gasteiger partial charge on any atom is 0.299 e. The van der Waals surface area contributed by atoms with E-state index in [0.29, 0.717) is 23.4 Å². The van der Waals surface area contributed by atoms with Crippen LogP contribution in [-0.2, 0) is 6.67 Å². The second kappa shape index (κ2) is 10.6. The Morgan fingerprint density at radius 3 is 2.86 bits per heavy atom. The summed E-state index contributed by atoms with van der Waals surface area (Å²) in [7, 11) is 1.50. The Kier molecular flexibility index (Phi) is 7.11. The summed E-state index contributed by atoms with van der Waals surface area (Å²) in [6.07, 6.45) is 6.95. The maximum absolute atomic E-state index is 12.8. The molecule has 1 N–H and O–H groups in total. The first-order valence-electron chi connectivity index (χ1n) is 11.8. The van der Waals surface area contributed by atoms with E-state index in [1.807, 2.05) is 35.0 Å². The summed E-state index contributed by atoms with van der Waals surface area (Å²) in [5, 5.41) is 20.1. The smallest absolute Gasteiger partial charge is 0.299 e. The summed E-state index contributed by atoms with van der Waals surface area (Å²) in [6.45, 7) is 1.37. The highest BCUT2D eigenvalue weighted by atomic mass is 79.9. The van der Waals surface area contributed by atoms with Gasteiger partial charge in [0, 0.05) is 34.8 Å². The number of piperidine rings is 1. The highest BCUT2D eigenvalue weighted by molar-refractivity contribution is 9.10. The number of pyridine rings is 1. The Labute approximate surface area is 217 Å². The molecule has 0 aliphatic carbocycles. The van der Waals surface area contributed by atoms with Crippen LogP contribution in [0.1, 0.15) is 41.2 Å². The molecule has 4 aromatic rings. The number of rotatable bonds is 6. The van der Waals surface area contributed by atoms with E-state index in [0.717, 1.165) is 35.8 Å². The lowest BCUT2D eigenvalue weighted by Gasteiger charge is -2.36. The lowest BCUT2D eigenvalue weighted by atomic mass is 9.97. The van der Waals surface area contributed by atoms with E-state index >= 15 is 0 Å². The summed E-state index contributed by atoms with van der Waals surface area (Å²) < 4.78 is 7.94. The van der Waals surface area contributed by atoms with Gasteiger partial charge in [0.2, 0.25) is 5.88 Å². The SMILES string of the molecule is COc1ccccc1C(=O)N=Nc1c(O)n(CN2CCCCC2c2cccnc2)c2ccc(Br)cc12. The van der Waals surface area contributed by atoms with Gasteiger partial charge in [0.05, 0.1) is 24.9 Å². The number of amides is 1. The van der Waals surface area contributed by atoms with Crippen molar-refractivity contribution < 1.29 is 14.6 Å². The molecule has 36 heavy (non-hydrogen) atoms. The number of fused-ring (bicyclic) bond motifs is 1. The summed E-state index contributed by atoms with van der Waals surface area (Å²) in [6, 6.07) is 16.8. The lowest BCUT2D eigenvalue weighted by Crippen LogP contribution is -2.34. The Morgan fingerprint density at radius 2 is 2.06 bits per heavy atom. The van der Waals surface area contributed by atoms with Crippen LogP contribution in [0, 0.1) is 0 Å². The summed E-state index contributed by atoms with van der Waals surface area (Å²) >= 11 is 3.51. The minimum atomic E-state index is -0.546. The van der Waals surface area contributed by atoms with E-state index in [-0.39, 0.29) is 17.6 Å². The number of ether oxygens (including phenoxy) is 1. The zero-order valence-corrected chi connectivity index (χ0v) is 21.4. The first kappa shape index (κ1) is 24.1. The quantitative estimate of drug-likeness (QED) is 0.274. The minimum absolute atomic E-state index is 0.0322. The number of nitrogens with zero attached hydrogens (tertiary/aromatic N) is 5. The van der Waals surface area contributed by atoms with Crippen LogP contribution in [0.5, 0.6) is 11.6 Å². The van der Waals surface area contributed by atoms with Gasteiger partial charge in [-0.1, -0.05) is 40.5 Å². The first-order valence-corrected chi connectivity index (χ1v) is 12.6. The second-order valence-electron chi connectivity index (χ2n) is 8.72. The van der Waals surface area contributed by atoms with Crippen molar-refractivity contribution in [2.24, 2.45) is 10.2 Å². The monoisotopic (exact) mass is 547 g/mol. The standard InChI is InChI=1S/C27H26BrN5O3/c1-36-24-10-3-2-8-20(24)26(34)31-30-25-21-15-19(28)11-12-23(21)33(27(25)35)17-32-14-5-4-9-22(32)18-7-6-13-29-16-18/h2-3,6-8,10-13,15-16,22,35H,4-5,9,14,17H2,1H3. The average molecular weight is 548 g/mol. The van der Waals surface area contributed by atoms with Crippen molar-refractivity contribution in [2.75, 3.05) is 13.7 Å². The Bertz CT molecular complexity index is 1420. The topological polar surface area (TPSA) is 92.3 Å². The number of azo groups is 1. The van der Waals surface area contributed by atoms with Gasteiger partial charge in [-0.05, 0) is 54.8 Å². The van der Waals surface area contributed by atoms with E-state index in [9.17, 15) is 9.90 Å². The molecule has 1 amide bonds. The van der Waals surface area contributed by atoms with Crippen LogP contribution in [0.25, 0.3) is 10.9 Å². The fourth-order valence-corrected chi connectivity index (χ4v) is 5.16. The van der Waals surface area contributed by atoms with Crippen LogP contribution < -0.4 is 4.74 Å². The molecule has 0 radical (unpaired) electrons. The lowest BCUT2D eigenvalue weighted by molar-refractivity contribution is 0.0992. The molecular formula is C27H26BrN5O3. The number of para-hydroxylation sites is 1. The highest BCUT2D eigenvalue weighted by Gasteiger charge is 2.27. The van der Waals surface area contributed by atoms with Crippen molar-refractivity contribution >= 4 is 38.4 Å². The fourth-order valence-electron chi connectivity index (χ4n) is 4.80. The van der Waals surface area contributed by atoms with Crippen molar-refractivity contribution in [1.29, 1.82) is 0 Å². The molecule has 9 heteroatoms. The average Bonchev–Trinajstić information content (AvgIpc) is 3.17. The van der Waals surface area contributed by atoms with Gasteiger partial charge in [-0.3, -0.25) is 19.2 Å². The molecule has 3 heterocycles. The summed E-state index contributed by atoms with van der Waals surface area (Å²) in [5.41, 5.74) is 2.54. The molecule has 0 bridgehead atoms. The van der Waals surface area contributed by atoms with Gasteiger partial charge < -0.3 is 9.84 Å². The number of methoxy groups -OCH3 is 1. The largest absolute Gasteiger partial charge is 0.496 e. The molecule has 5 rings (SSSR count). The van der Waals surface area contributed by atoms with E-state index in [1.54, 1.807) is 30.5 Å². The first-order chi connectivity index (χ1) is 17.6. The van der Waals surface area contributed by atoms with E-state index in [4.69, 9.17) is 4.74 Å². The van der Waals surface area contributed by atoms with E-state index in [2.05, 4.69) is 42.1 Å². The molecule has 1 saturated heterocycles. The van der Waals surface area contributed by atoms with Gasteiger partial charge in [0.25, 0.3) is 5.91 Å². The van der Waals surface area contributed by atoms with Crippen LogP contribution in [0.2, 0.25) is 0 Å². The molecule has 2 aromatic heterocycles. The zero-order valence-electron chi connectivity index (χ0n) is 19.8. The fraction of sp³-hybridized carbons (Fsp3) is 0.259. The molecule has 184 valence electrons. The number of halogens is 1. The van der Waals surface area contributed by atoms with Gasteiger partial charge in [-0.15, -0.1) is 10.2 Å². The van der Waals surface area contributed by atoms with Gasteiger partial charge in [-0.2, -0.15) is 0 Å². The minimum Gasteiger partial charge on any atom is -0.496 e. The van der Waals surface area contributed by atoms with Crippen molar-refractivity contribution in [1.82, 2.24) is 14.5 Å². The number of hydrogen-bond donors (Lipinski definition) is 1. The predicted octanol–water partition coefficient (Wildman–Crippen LogP) is 6.62.